The Balaban J connectivity index is 1.44. The van der Waals surface area contributed by atoms with Crippen LogP contribution in [-0.4, -0.2) is 6.10 Å². The van der Waals surface area contributed by atoms with Gasteiger partial charge < -0.3 is 4.52 Å². The van der Waals surface area contributed by atoms with Gasteiger partial charge in [-0.25, -0.2) is 0 Å². The summed E-state index contributed by atoms with van der Waals surface area (Å²) in [6.45, 7) is 2.07. The highest BCUT2D eigenvalue weighted by molar-refractivity contribution is 7.42. The first-order valence-corrected chi connectivity index (χ1v) is 14.0. The molecule has 4 aromatic rings. The maximum Gasteiger partial charge on any atom is 0.399 e. The molecule has 38 heavy (non-hydrogen) atoms. The fourth-order valence-electron chi connectivity index (χ4n) is 5.11. The predicted molar refractivity (Wildman–Crippen MR) is 156 cm³/mol. The average Bonchev–Trinajstić information content (AvgIpc) is 3.12. The van der Waals surface area contributed by atoms with Gasteiger partial charge in [-0.2, -0.15) is 0 Å². The van der Waals surface area contributed by atoms with Gasteiger partial charge in [0.15, 0.2) is 5.60 Å². The van der Waals surface area contributed by atoms with Crippen molar-refractivity contribution in [1.29, 1.82) is 0 Å². The smallest absolute Gasteiger partial charge is 0.399 e. The van der Waals surface area contributed by atoms with Gasteiger partial charge in [-0.15, -0.1) is 0 Å². The second-order valence-electron chi connectivity index (χ2n) is 9.36. The lowest BCUT2D eigenvalue weighted by Crippen LogP contribution is -2.36. The van der Waals surface area contributed by atoms with Gasteiger partial charge in [0.05, 0.1) is 0 Å². The van der Waals surface area contributed by atoms with Gasteiger partial charge in [0.25, 0.3) is 0 Å². The molecule has 3 atom stereocenters. The van der Waals surface area contributed by atoms with Crippen LogP contribution in [0.3, 0.4) is 0 Å². The number of para-hydroxylation sites is 1. The van der Waals surface area contributed by atoms with Crippen molar-refractivity contribution in [2.24, 2.45) is 0 Å². The summed E-state index contributed by atoms with van der Waals surface area (Å²) in [6.07, 6.45) is 11.3. The van der Waals surface area contributed by atoms with Crippen LogP contribution in [0.1, 0.15) is 18.9 Å². The second-order valence-corrected chi connectivity index (χ2v) is 10.4. The van der Waals surface area contributed by atoms with Crippen LogP contribution in [0, 0.1) is 0 Å². The van der Waals surface area contributed by atoms with E-state index < -0.39 is 14.2 Å². The Kier molecular flexibility index (Phi) is 7.07. The van der Waals surface area contributed by atoms with E-state index in [1.54, 1.807) is 0 Å². The van der Waals surface area contributed by atoms with E-state index in [1.807, 2.05) is 54.6 Å². The normalized spacial score (nSPS) is 22.6. The lowest BCUT2D eigenvalue weighted by molar-refractivity contribution is 0.0843. The summed E-state index contributed by atoms with van der Waals surface area (Å²) < 4.78 is 20.2. The zero-order valence-corrected chi connectivity index (χ0v) is 22.1. The molecule has 0 aromatic heterocycles. The molecule has 4 heteroatoms. The molecule has 0 spiro atoms. The van der Waals surface area contributed by atoms with Crippen molar-refractivity contribution >= 4 is 8.60 Å². The first kappa shape index (κ1) is 24.6. The van der Waals surface area contributed by atoms with E-state index in [9.17, 15) is 0 Å². The molecule has 6 rings (SSSR count). The molecule has 188 valence electrons. The molecular weight excluding hydrogens is 487 g/mol. The van der Waals surface area contributed by atoms with Gasteiger partial charge in [0.2, 0.25) is 0 Å². The SMILES string of the molecule is CC1OP(Oc2c(-c3ccccc3)cccc2-c2ccccc2)OC1(C1=CC=CCC=C1)c1ccccc1. The van der Waals surface area contributed by atoms with E-state index in [-0.39, 0.29) is 6.10 Å². The Hall–Kier alpha value is -3.75. The standard InChI is InChI=1S/C34H29O3P/c1-26-34(30-22-13-6-14-23-30,29-20-11-2-3-12-21-29)37-38(35-26)36-33-31(27-16-7-4-8-17-27)24-15-25-32(33)28-18-9-5-10-19-28/h2,4-26H,3H2,1H3. The van der Waals surface area contributed by atoms with Crippen LogP contribution < -0.4 is 4.52 Å². The van der Waals surface area contributed by atoms with Crippen LogP contribution in [0.25, 0.3) is 22.3 Å². The molecule has 1 fully saturated rings. The predicted octanol–water partition coefficient (Wildman–Crippen LogP) is 9.40. The Bertz CT molecular complexity index is 1420. The maximum atomic E-state index is 6.90. The molecule has 1 aliphatic heterocycles. The lowest BCUT2D eigenvalue weighted by atomic mass is 9.81. The summed E-state index contributed by atoms with van der Waals surface area (Å²) >= 11 is 0. The summed E-state index contributed by atoms with van der Waals surface area (Å²) in [5.74, 6) is 0.761. The molecular formula is C34H29O3P. The van der Waals surface area contributed by atoms with Crippen LogP contribution in [0.4, 0.5) is 0 Å². The van der Waals surface area contributed by atoms with Gasteiger partial charge in [-0.1, -0.05) is 140 Å². The molecule has 4 aromatic carbocycles. The van der Waals surface area contributed by atoms with Crippen molar-refractivity contribution in [3.05, 3.63) is 151 Å². The minimum absolute atomic E-state index is 0.262. The molecule has 0 bridgehead atoms. The fraction of sp³-hybridized carbons (Fsp3) is 0.118. The fourth-order valence-corrected chi connectivity index (χ4v) is 6.58. The van der Waals surface area contributed by atoms with E-state index in [2.05, 4.69) is 91.9 Å². The van der Waals surface area contributed by atoms with E-state index in [0.29, 0.717) is 0 Å². The average molecular weight is 517 g/mol. The largest absolute Gasteiger partial charge is 0.425 e. The van der Waals surface area contributed by atoms with Gasteiger partial charge in [0, 0.05) is 11.1 Å². The highest BCUT2D eigenvalue weighted by atomic mass is 31.2. The van der Waals surface area contributed by atoms with Crippen molar-refractivity contribution in [3.63, 3.8) is 0 Å². The van der Waals surface area contributed by atoms with Gasteiger partial charge in [-0.3, -0.25) is 9.05 Å². The molecule has 3 unspecified atom stereocenters. The zero-order valence-electron chi connectivity index (χ0n) is 21.2. The number of hydrogen-bond acceptors (Lipinski definition) is 3. The molecule has 1 saturated heterocycles. The van der Waals surface area contributed by atoms with E-state index in [4.69, 9.17) is 13.6 Å². The van der Waals surface area contributed by atoms with Gasteiger partial charge >= 0.3 is 8.60 Å². The number of allylic oxidation sites excluding steroid dienone is 4. The molecule has 0 radical (unpaired) electrons. The summed E-state index contributed by atoms with van der Waals surface area (Å²) in [6, 6.07) is 37.2. The Labute approximate surface area is 225 Å². The van der Waals surface area contributed by atoms with Crippen LogP contribution in [0.15, 0.2) is 145 Å². The zero-order chi connectivity index (χ0) is 25.8. The van der Waals surface area contributed by atoms with E-state index >= 15 is 0 Å². The topological polar surface area (TPSA) is 27.7 Å². The monoisotopic (exact) mass is 516 g/mol. The van der Waals surface area contributed by atoms with Crippen molar-refractivity contribution in [1.82, 2.24) is 0 Å². The number of rotatable bonds is 6. The maximum absolute atomic E-state index is 6.90. The summed E-state index contributed by atoms with van der Waals surface area (Å²) in [4.78, 5) is 0. The molecule has 1 aliphatic carbocycles. The summed E-state index contributed by atoms with van der Waals surface area (Å²) in [5.41, 5.74) is 5.48. The van der Waals surface area contributed by atoms with Crippen LogP contribution in [0.5, 0.6) is 5.75 Å². The molecule has 0 N–H and O–H groups in total. The van der Waals surface area contributed by atoms with E-state index in [1.165, 1.54) is 0 Å². The Morgan fingerprint density at radius 1 is 0.737 bits per heavy atom. The van der Waals surface area contributed by atoms with Crippen molar-refractivity contribution in [3.8, 4) is 28.0 Å². The third-order valence-electron chi connectivity index (χ3n) is 7.00. The number of hydrogen-bond donors (Lipinski definition) is 0. The number of benzene rings is 4. The minimum Gasteiger partial charge on any atom is -0.425 e. The molecule has 2 aliphatic rings. The highest BCUT2D eigenvalue weighted by Crippen LogP contribution is 2.61. The Morgan fingerprint density at radius 3 is 1.97 bits per heavy atom. The first-order valence-electron chi connectivity index (χ1n) is 12.9. The molecule has 0 amide bonds. The van der Waals surface area contributed by atoms with Gasteiger partial charge in [0.1, 0.15) is 11.9 Å². The van der Waals surface area contributed by atoms with Crippen molar-refractivity contribution in [2.45, 2.75) is 25.0 Å². The van der Waals surface area contributed by atoms with Crippen LogP contribution in [0.2, 0.25) is 0 Å². The van der Waals surface area contributed by atoms with Gasteiger partial charge in [-0.05, 0) is 35.6 Å². The molecule has 1 heterocycles. The van der Waals surface area contributed by atoms with Crippen molar-refractivity contribution in [2.75, 3.05) is 0 Å². The third kappa shape index (κ3) is 4.66. The lowest BCUT2D eigenvalue weighted by Gasteiger charge is -2.32. The molecule has 3 nitrogen and oxygen atoms in total. The second kappa shape index (κ2) is 10.9. The Morgan fingerprint density at radius 2 is 1.34 bits per heavy atom. The van der Waals surface area contributed by atoms with Crippen molar-refractivity contribution < 1.29 is 13.6 Å². The first-order chi connectivity index (χ1) is 18.8. The third-order valence-corrected chi connectivity index (χ3v) is 8.26. The summed E-state index contributed by atoms with van der Waals surface area (Å²) in [5, 5.41) is 0. The quantitative estimate of drug-likeness (QED) is 0.239. The minimum atomic E-state index is -1.72. The van der Waals surface area contributed by atoms with Crippen LogP contribution >= 0.6 is 8.60 Å². The molecule has 0 saturated carbocycles. The highest BCUT2D eigenvalue weighted by Gasteiger charge is 2.53. The van der Waals surface area contributed by atoms with E-state index in [0.717, 1.165) is 45.6 Å². The summed E-state index contributed by atoms with van der Waals surface area (Å²) in [7, 11) is -1.72. The van der Waals surface area contributed by atoms with Crippen LogP contribution in [-0.2, 0) is 14.6 Å².